The zero-order chi connectivity index (χ0) is 19.0. The van der Waals surface area contributed by atoms with E-state index < -0.39 is 0 Å². The van der Waals surface area contributed by atoms with Gasteiger partial charge >= 0.3 is 0 Å². The summed E-state index contributed by atoms with van der Waals surface area (Å²) >= 11 is 0. The number of rotatable bonds is 4. The molecular formula is C20H25N5O. The van der Waals surface area contributed by atoms with Crippen molar-refractivity contribution < 1.29 is 4.79 Å². The molecule has 2 heterocycles. The Kier molecular flexibility index (Phi) is 4.68. The molecule has 1 aromatic carbocycles. The second kappa shape index (κ2) is 6.78. The van der Waals surface area contributed by atoms with Crippen molar-refractivity contribution in [1.82, 2.24) is 19.6 Å². The predicted octanol–water partition coefficient (Wildman–Crippen LogP) is 4.14. The molecule has 136 valence electrons. The summed E-state index contributed by atoms with van der Waals surface area (Å²) in [6.45, 7) is 12.0. The van der Waals surface area contributed by atoms with Gasteiger partial charge in [0.2, 0.25) is 0 Å². The third-order valence-corrected chi connectivity index (χ3v) is 4.44. The predicted molar refractivity (Wildman–Crippen MR) is 103 cm³/mol. The van der Waals surface area contributed by atoms with Crippen LogP contribution in [0.15, 0.2) is 30.3 Å². The van der Waals surface area contributed by atoms with Crippen LogP contribution in [0.2, 0.25) is 0 Å². The lowest BCUT2D eigenvalue weighted by Crippen LogP contribution is -2.13. The molecule has 0 saturated carbocycles. The fourth-order valence-electron chi connectivity index (χ4n) is 3.18. The zero-order valence-corrected chi connectivity index (χ0v) is 16.2. The number of amides is 1. The molecule has 0 unspecified atom stereocenters. The van der Waals surface area contributed by atoms with E-state index in [1.807, 2.05) is 67.4 Å². The molecule has 0 spiro atoms. The summed E-state index contributed by atoms with van der Waals surface area (Å²) in [5, 5.41) is 12.0. The van der Waals surface area contributed by atoms with Gasteiger partial charge in [0.15, 0.2) is 0 Å². The number of anilines is 1. The average molecular weight is 351 g/mol. The first-order valence-corrected chi connectivity index (χ1v) is 8.78. The molecule has 0 atom stereocenters. The van der Waals surface area contributed by atoms with Crippen LogP contribution in [-0.4, -0.2) is 25.5 Å². The van der Waals surface area contributed by atoms with Crippen molar-refractivity contribution in [2.45, 2.75) is 47.6 Å². The van der Waals surface area contributed by atoms with E-state index in [2.05, 4.69) is 29.4 Å². The molecule has 26 heavy (non-hydrogen) atoms. The Hall–Kier alpha value is -2.89. The molecule has 6 heteroatoms. The fourth-order valence-corrected chi connectivity index (χ4v) is 3.18. The van der Waals surface area contributed by atoms with Crippen LogP contribution in [0, 0.1) is 27.7 Å². The number of hydrogen-bond acceptors (Lipinski definition) is 3. The number of nitrogens with one attached hydrogen (secondary N) is 1. The van der Waals surface area contributed by atoms with Gasteiger partial charge in [-0.3, -0.25) is 9.48 Å². The van der Waals surface area contributed by atoms with E-state index in [0.717, 1.165) is 34.2 Å². The Balaban J connectivity index is 1.82. The molecule has 6 nitrogen and oxygen atoms in total. The van der Waals surface area contributed by atoms with Crippen LogP contribution in [0.4, 0.5) is 5.69 Å². The van der Waals surface area contributed by atoms with E-state index in [0.29, 0.717) is 5.56 Å². The zero-order valence-electron chi connectivity index (χ0n) is 16.2. The lowest BCUT2D eigenvalue weighted by atomic mass is 10.2. The first-order valence-electron chi connectivity index (χ1n) is 8.78. The first-order chi connectivity index (χ1) is 12.3. The summed E-state index contributed by atoms with van der Waals surface area (Å²) in [5.74, 6) is -0.139. The molecule has 0 saturated heterocycles. The van der Waals surface area contributed by atoms with Crippen LogP contribution in [-0.2, 0) is 0 Å². The molecule has 0 aliphatic rings. The number of nitrogens with zero attached hydrogens (tertiary/aromatic N) is 4. The normalized spacial score (nSPS) is 11.2. The maximum atomic E-state index is 12.6. The van der Waals surface area contributed by atoms with Gasteiger partial charge in [-0.05, 0) is 71.9 Å². The van der Waals surface area contributed by atoms with E-state index in [1.54, 1.807) is 0 Å². The van der Waals surface area contributed by atoms with Crippen molar-refractivity contribution in [1.29, 1.82) is 0 Å². The molecule has 3 aromatic rings. The van der Waals surface area contributed by atoms with Crippen molar-refractivity contribution in [3.8, 4) is 5.69 Å². The maximum absolute atomic E-state index is 12.6. The molecule has 0 aliphatic heterocycles. The van der Waals surface area contributed by atoms with Crippen molar-refractivity contribution in [2.24, 2.45) is 0 Å². The largest absolute Gasteiger partial charge is 0.319 e. The number of carbonyl (C=O) groups excluding carboxylic acids is 1. The van der Waals surface area contributed by atoms with E-state index in [4.69, 9.17) is 0 Å². The SMILES string of the molecule is Cc1cc(C)n(-c2ccc(C(=O)Nc3c(C)nn(C(C)C)c3C)cc2)n1. The molecular weight excluding hydrogens is 326 g/mol. The molecule has 0 aliphatic carbocycles. The third-order valence-electron chi connectivity index (χ3n) is 4.44. The van der Waals surface area contributed by atoms with Gasteiger partial charge in [0.05, 0.1) is 28.5 Å². The topological polar surface area (TPSA) is 64.7 Å². The summed E-state index contributed by atoms with van der Waals surface area (Å²) in [5.41, 5.74) is 6.14. The third kappa shape index (κ3) is 3.27. The minimum absolute atomic E-state index is 0.139. The molecule has 0 bridgehead atoms. The summed E-state index contributed by atoms with van der Waals surface area (Å²) in [6.07, 6.45) is 0. The van der Waals surface area contributed by atoms with Gasteiger partial charge in [-0.15, -0.1) is 0 Å². The van der Waals surface area contributed by atoms with Gasteiger partial charge in [-0.1, -0.05) is 0 Å². The Morgan fingerprint density at radius 3 is 2.19 bits per heavy atom. The van der Waals surface area contributed by atoms with Gasteiger partial charge in [0.1, 0.15) is 0 Å². The summed E-state index contributed by atoms with van der Waals surface area (Å²) in [6, 6.07) is 9.73. The number of aromatic nitrogens is 4. The van der Waals surface area contributed by atoms with Crippen molar-refractivity contribution in [3.63, 3.8) is 0 Å². The maximum Gasteiger partial charge on any atom is 0.255 e. The Morgan fingerprint density at radius 2 is 1.69 bits per heavy atom. The van der Waals surface area contributed by atoms with E-state index in [-0.39, 0.29) is 11.9 Å². The lowest BCUT2D eigenvalue weighted by Gasteiger charge is -2.10. The second-order valence-corrected chi connectivity index (χ2v) is 6.92. The quantitative estimate of drug-likeness (QED) is 0.768. The minimum atomic E-state index is -0.139. The number of hydrogen-bond donors (Lipinski definition) is 1. The lowest BCUT2D eigenvalue weighted by molar-refractivity contribution is 0.102. The Morgan fingerprint density at radius 1 is 1.04 bits per heavy atom. The molecule has 2 aromatic heterocycles. The van der Waals surface area contributed by atoms with Crippen LogP contribution in [0.1, 0.15) is 53.0 Å². The molecule has 0 radical (unpaired) electrons. The van der Waals surface area contributed by atoms with Crippen LogP contribution in [0.5, 0.6) is 0 Å². The first kappa shape index (κ1) is 17.9. The van der Waals surface area contributed by atoms with Gasteiger partial charge in [-0.25, -0.2) is 4.68 Å². The van der Waals surface area contributed by atoms with Gasteiger partial charge in [-0.2, -0.15) is 10.2 Å². The van der Waals surface area contributed by atoms with Crippen LogP contribution >= 0.6 is 0 Å². The summed E-state index contributed by atoms with van der Waals surface area (Å²) in [4.78, 5) is 12.6. The smallest absolute Gasteiger partial charge is 0.255 e. The Bertz CT molecular complexity index is 947. The highest BCUT2D eigenvalue weighted by Gasteiger charge is 2.16. The average Bonchev–Trinajstić information content (AvgIpc) is 3.08. The van der Waals surface area contributed by atoms with Crippen molar-refractivity contribution in [3.05, 3.63) is 58.7 Å². The summed E-state index contributed by atoms with van der Waals surface area (Å²) < 4.78 is 3.80. The van der Waals surface area contributed by atoms with E-state index in [9.17, 15) is 4.79 Å². The molecule has 1 N–H and O–H groups in total. The van der Waals surface area contributed by atoms with E-state index in [1.165, 1.54) is 0 Å². The highest BCUT2D eigenvalue weighted by atomic mass is 16.1. The van der Waals surface area contributed by atoms with Crippen LogP contribution in [0.25, 0.3) is 5.69 Å². The van der Waals surface area contributed by atoms with Crippen molar-refractivity contribution >= 4 is 11.6 Å². The summed E-state index contributed by atoms with van der Waals surface area (Å²) in [7, 11) is 0. The van der Waals surface area contributed by atoms with Gasteiger partial charge < -0.3 is 5.32 Å². The fraction of sp³-hybridized carbons (Fsp3) is 0.350. The number of carbonyl (C=O) groups is 1. The van der Waals surface area contributed by atoms with Crippen LogP contribution < -0.4 is 5.32 Å². The minimum Gasteiger partial charge on any atom is -0.319 e. The number of benzene rings is 1. The highest BCUT2D eigenvalue weighted by molar-refractivity contribution is 6.05. The standard InChI is InChI=1S/C20H25N5O/c1-12(2)24-16(6)19(15(5)23-24)21-20(26)17-7-9-18(10-8-17)25-14(4)11-13(3)22-25/h7-12H,1-6H3,(H,21,26). The highest BCUT2D eigenvalue weighted by Crippen LogP contribution is 2.23. The monoisotopic (exact) mass is 351 g/mol. The van der Waals surface area contributed by atoms with E-state index >= 15 is 0 Å². The second-order valence-electron chi connectivity index (χ2n) is 6.92. The van der Waals surface area contributed by atoms with Gasteiger partial charge in [0.25, 0.3) is 5.91 Å². The van der Waals surface area contributed by atoms with Gasteiger partial charge in [0, 0.05) is 17.3 Å². The van der Waals surface area contributed by atoms with Crippen molar-refractivity contribution in [2.75, 3.05) is 5.32 Å². The number of aryl methyl sites for hydroxylation is 3. The Labute approximate surface area is 153 Å². The molecule has 0 fully saturated rings. The molecule has 1 amide bonds. The van der Waals surface area contributed by atoms with Crippen LogP contribution in [0.3, 0.4) is 0 Å². The molecule has 3 rings (SSSR count).